The first kappa shape index (κ1) is 15.1. The van der Waals surface area contributed by atoms with Crippen LogP contribution in [0.2, 0.25) is 5.02 Å². The minimum Gasteiger partial charge on any atom is -0.461 e. The molecule has 0 saturated heterocycles. The van der Waals surface area contributed by atoms with Crippen molar-refractivity contribution in [3.8, 4) is 0 Å². The van der Waals surface area contributed by atoms with E-state index in [-0.39, 0.29) is 23.9 Å². The van der Waals surface area contributed by atoms with Crippen LogP contribution in [0.15, 0.2) is 30.3 Å². The Balaban J connectivity index is 2.18. The van der Waals surface area contributed by atoms with E-state index in [2.05, 4.69) is 10.4 Å². The molecule has 0 radical (unpaired) electrons. The lowest BCUT2D eigenvalue weighted by Crippen LogP contribution is -2.15. The van der Waals surface area contributed by atoms with Crippen molar-refractivity contribution < 1.29 is 14.3 Å². The fourth-order valence-corrected chi connectivity index (χ4v) is 1.94. The van der Waals surface area contributed by atoms with E-state index < -0.39 is 5.97 Å². The zero-order valence-corrected chi connectivity index (χ0v) is 12.3. The van der Waals surface area contributed by atoms with Crippen LogP contribution in [0.1, 0.15) is 27.9 Å². The molecule has 2 aromatic rings. The molecule has 0 atom stereocenters. The Morgan fingerprint density at radius 1 is 1.38 bits per heavy atom. The second-order valence-corrected chi connectivity index (χ2v) is 4.66. The van der Waals surface area contributed by atoms with Gasteiger partial charge in [-0.05, 0) is 25.1 Å². The van der Waals surface area contributed by atoms with E-state index in [9.17, 15) is 9.59 Å². The van der Waals surface area contributed by atoms with Crippen molar-refractivity contribution in [3.63, 3.8) is 0 Å². The summed E-state index contributed by atoms with van der Waals surface area (Å²) in [7, 11) is 1.58. The molecule has 1 amide bonds. The van der Waals surface area contributed by atoms with Crippen LogP contribution in [-0.2, 0) is 11.8 Å². The number of nitrogens with one attached hydrogen (secondary N) is 1. The minimum absolute atomic E-state index is 0.0931. The summed E-state index contributed by atoms with van der Waals surface area (Å²) in [6.07, 6.45) is 0. The zero-order valence-electron chi connectivity index (χ0n) is 11.6. The first-order valence-electron chi connectivity index (χ1n) is 6.29. The second kappa shape index (κ2) is 6.41. The van der Waals surface area contributed by atoms with E-state index in [1.54, 1.807) is 38.2 Å². The van der Waals surface area contributed by atoms with Gasteiger partial charge in [0, 0.05) is 23.8 Å². The van der Waals surface area contributed by atoms with Crippen LogP contribution < -0.4 is 5.32 Å². The molecule has 6 nitrogen and oxygen atoms in total. The predicted molar refractivity (Wildman–Crippen MR) is 78.6 cm³/mol. The smallest absolute Gasteiger partial charge is 0.358 e. The molecule has 21 heavy (non-hydrogen) atoms. The minimum atomic E-state index is -0.560. The van der Waals surface area contributed by atoms with Crippen molar-refractivity contribution in [1.82, 2.24) is 9.78 Å². The molecule has 1 N–H and O–H groups in total. The lowest BCUT2D eigenvalue weighted by atomic mass is 10.3. The lowest BCUT2D eigenvalue weighted by molar-refractivity contribution is 0.0518. The summed E-state index contributed by atoms with van der Waals surface area (Å²) >= 11 is 5.86. The Labute approximate surface area is 126 Å². The standard InChI is InChI=1S/C14H14ClN3O3/c1-3-21-14(20)11-8-12(18(2)17-11)13(19)16-10-6-4-5-9(15)7-10/h4-8H,3H2,1-2H3,(H,16,19). The third-order valence-electron chi connectivity index (χ3n) is 2.68. The summed E-state index contributed by atoms with van der Waals surface area (Å²) in [6.45, 7) is 1.95. The number of esters is 1. The third kappa shape index (κ3) is 3.61. The summed E-state index contributed by atoms with van der Waals surface area (Å²) in [4.78, 5) is 23.8. The van der Waals surface area contributed by atoms with Crippen molar-refractivity contribution >= 4 is 29.2 Å². The van der Waals surface area contributed by atoms with Gasteiger partial charge in [0.1, 0.15) is 5.69 Å². The highest BCUT2D eigenvalue weighted by Gasteiger charge is 2.18. The van der Waals surface area contributed by atoms with Crippen molar-refractivity contribution in [3.05, 3.63) is 46.7 Å². The number of nitrogens with zero attached hydrogens (tertiary/aromatic N) is 2. The van der Waals surface area contributed by atoms with Crippen LogP contribution in [0, 0.1) is 0 Å². The lowest BCUT2D eigenvalue weighted by Gasteiger charge is -2.05. The number of ether oxygens (including phenoxy) is 1. The quantitative estimate of drug-likeness (QED) is 0.881. The number of aromatic nitrogens is 2. The number of carbonyl (C=O) groups is 2. The number of anilines is 1. The summed E-state index contributed by atoms with van der Waals surface area (Å²) < 4.78 is 6.17. The molecule has 0 aliphatic carbocycles. The number of aryl methyl sites for hydroxylation is 1. The van der Waals surface area contributed by atoms with E-state index in [1.807, 2.05) is 0 Å². The molecule has 1 aromatic heterocycles. The molecule has 0 bridgehead atoms. The highest BCUT2D eigenvalue weighted by Crippen LogP contribution is 2.16. The number of rotatable bonds is 4. The number of halogens is 1. The van der Waals surface area contributed by atoms with Crippen LogP contribution in [0.25, 0.3) is 0 Å². The Morgan fingerprint density at radius 3 is 2.81 bits per heavy atom. The van der Waals surface area contributed by atoms with E-state index >= 15 is 0 Å². The molecule has 7 heteroatoms. The van der Waals surface area contributed by atoms with Crippen molar-refractivity contribution in [1.29, 1.82) is 0 Å². The normalized spacial score (nSPS) is 10.2. The maximum absolute atomic E-state index is 12.2. The van der Waals surface area contributed by atoms with Gasteiger partial charge >= 0.3 is 5.97 Å². The van der Waals surface area contributed by atoms with E-state index in [1.165, 1.54) is 10.7 Å². The van der Waals surface area contributed by atoms with Crippen LogP contribution >= 0.6 is 11.6 Å². The number of benzene rings is 1. The largest absolute Gasteiger partial charge is 0.461 e. The molecule has 0 aliphatic heterocycles. The number of carbonyl (C=O) groups excluding carboxylic acids is 2. The van der Waals surface area contributed by atoms with Gasteiger partial charge in [0.25, 0.3) is 5.91 Å². The highest BCUT2D eigenvalue weighted by atomic mass is 35.5. The Kier molecular flexibility index (Phi) is 4.59. The SMILES string of the molecule is CCOC(=O)c1cc(C(=O)Nc2cccc(Cl)c2)n(C)n1. The zero-order chi connectivity index (χ0) is 15.4. The Bertz CT molecular complexity index is 682. The predicted octanol–water partition coefficient (Wildman–Crippen LogP) is 2.50. The van der Waals surface area contributed by atoms with Crippen LogP contribution in [0.3, 0.4) is 0 Å². The maximum atomic E-state index is 12.2. The summed E-state index contributed by atoms with van der Waals surface area (Å²) in [5, 5.41) is 7.17. The van der Waals surface area contributed by atoms with Crippen LogP contribution in [0.4, 0.5) is 5.69 Å². The fraction of sp³-hybridized carbons (Fsp3) is 0.214. The van der Waals surface area contributed by atoms with Gasteiger partial charge < -0.3 is 10.1 Å². The van der Waals surface area contributed by atoms with Crippen molar-refractivity contribution in [2.24, 2.45) is 7.05 Å². The van der Waals surface area contributed by atoms with Crippen LogP contribution in [0.5, 0.6) is 0 Å². The Morgan fingerprint density at radius 2 is 2.14 bits per heavy atom. The number of amides is 1. The fourth-order valence-electron chi connectivity index (χ4n) is 1.75. The molecular weight excluding hydrogens is 294 g/mol. The molecule has 2 rings (SSSR count). The molecule has 0 spiro atoms. The van der Waals surface area contributed by atoms with Gasteiger partial charge in [-0.3, -0.25) is 9.48 Å². The molecule has 110 valence electrons. The molecule has 1 heterocycles. The third-order valence-corrected chi connectivity index (χ3v) is 2.91. The van der Waals surface area contributed by atoms with E-state index in [4.69, 9.17) is 16.3 Å². The highest BCUT2D eigenvalue weighted by molar-refractivity contribution is 6.30. The number of hydrogen-bond donors (Lipinski definition) is 1. The van der Waals surface area contributed by atoms with Crippen LogP contribution in [-0.4, -0.2) is 28.3 Å². The van der Waals surface area contributed by atoms with Gasteiger partial charge in [-0.25, -0.2) is 4.79 Å². The average Bonchev–Trinajstić information content (AvgIpc) is 2.81. The van der Waals surface area contributed by atoms with Crippen molar-refractivity contribution in [2.75, 3.05) is 11.9 Å². The first-order chi connectivity index (χ1) is 10.0. The van der Waals surface area contributed by atoms with Gasteiger partial charge in [0.05, 0.1) is 6.61 Å². The molecule has 1 aromatic carbocycles. The van der Waals surface area contributed by atoms with E-state index in [0.717, 1.165) is 0 Å². The van der Waals surface area contributed by atoms with Gasteiger partial charge in [0.15, 0.2) is 5.69 Å². The van der Waals surface area contributed by atoms with Gasteiger partial charge in [-0.2, -0.15) is 5.10 Å². The molecule has 0 unspecified atom stereocenters. The van der Waals surface area contributed by atoms with Gasteiger partial charge in [0.2, 0.25) is 0 Å². The summed E-state index contributed by atoms with van der Waals surface area (Å²) in [5.41, 5.74) is 0.903. The molecular formula is C14H14ClN3O3. The van der Waals surface area contributed by atoms with Gasteiger partial charge in [-0.1, -0.05) is 17.7 Å². The maximum Gasteiger partial charge on any atom is 0.358 e. The second-order valence-electron chi connectivity index (χ2n) is 4.22. The van der Waals surface area contributed by atoms with E-state index in [0.29, 0.717) is 10.7 Å². The molecule has 0 aliphatic rings. The average molecular weight is 308 g/mol. The molecule has 0 fully saturated rings. The first-order valence-corrected chi connectivity index (χ1v) is 6.67. The summed E-state index contributed by atoms with van der Waals surface area (Å²) in [5.74, 6) is -0.947. The summed E-state index contributed by atoms with van der Waals surface area (Å²) in [6, 6.07) is 8.16. The van der Waals surface area contributed by atoms with Gasteiger partial charge in [-0.15, -0.1) is 0 Å². The topological polar surface area (TPSA) is 73.2 Å². The van der Waals surface area contributed by atoms with Crippen molar-refractivity contribution in [2.45, 2.75) is 6.92 Å². The number of hydrogen-bond acceptors (Lipinski definition) is 4. The molecule has 0 saturated carbocycles. The Hall–Kier alpha value is -2.34. The monoisotopic (exact) mass is 307 g/mol.